The Kier molecular flexibility index (Phi) is 1.23. The Morgan fingerprint density at radius 2 is 2.25 bits per heavy atom. The molecule has 0 amide bonds. The van der Waals surface area contributed by atoms with Gasteiger partial charge in [0.1, 0.15) is 0 Å². The lowest BCUT2D eigenvalue weighted by Crippen LogP contribution is -2.15. The summed E-state index contributed by atoms with van der Waals surface area (Å²) in [5, 5.41) is 0. The van der Waals surface area contributed by atoms with Crippen LogP contribution in [-0.2, 0) is 0 Å². The van der Waals surface area contributed by atoms with Crippen molar-refractivity contribution in [1.29, 1.82) is 0 Å². The molecule has 1 heterocycles. The number of allylic oxidation sites excluding steroid dienone is 2. The van der Waals surface area contributed by atoms with Gasteiger partial charge in [0.15, 0.2) is 0 Å². The van der Waals surface area contributed by atoms with Crippen molar-refractivity contribution >= 4 is 8.74 Å². The van der Waals surface area contributed by atoms with Crippen molar-refractivity contribution < 1.29 is 8.22 Å². The normalized spacial score (nSPS) is 25.6. The Morgan fingerprint density at radius 1 is 1.62 bits per heavy atom. The van der Waals surface area contributed by atoms with Gasteiger partial charge in [-0.3, -0.25) is 8.22 Å². The molecular weight excluding hydrogens is 126 g/mol. The van der Waals surface area contributed by atoms with Crippen LogP contribution in [-0.4, -0.2) is 8.74 Å². The highest BCUT2D eigenvalue weighted by Gasteiger charge is 2.37. The van der Waals surface area contributed by atoms with Crippen LogP contribution in [0.1, 0.15) is 6.92 Å². The Balaban J connectivity index is 2.55. The van der Waals surface area contributed by atoms with Crippen molar-refractivity contribution in [1.82, 2.24) is 0 Å². The van der Waals surface area contributed by atoms with Crippen LogP contribution in [0.5, 0.6) is 0 Å². The first kappa shape index (κ1) is 5.94. The maximum atomic E-state index is 12.3. The summed E-state index contributed by atoms with van der Waals surface area (Å²) >= 11 is 0. The van der Waals surface area contributed by atoms with E-state index in [1.54, 1.807) is 13.0 Å². The lowest BCUT2D eigenvalue weighted by molar-refractivity contribution is 0.612. The molecule has 0 aliphatic carbocycles. The topological polar surface area (TPSA) is 0 Å². The van der Waals surface area contributed by atoms with Crippen LogP contribution in [0.3, 0.4) is 0 Å². The Bertz CT molecular complexity index is 128. The van der Waals surface area contributed by atoms with E-state index in [1.165, 1.54) is 0 Å². The smallest absolute Gasteiger partial charge is 0.270 e. The maximum Gasteiger partial charge on any atom is 0.432 e. The van der Waals surface area contributed by atoms with Gasteiger partial charge in [-0.1, -0.05) is 11.6 Å². The average molecular weight is 134 g/mol. The molecule has 1 aliphatic heterocycles. The van der Waals surface area contributed by atoms with Crippen molar-refractivity contribution in [3.8, 4) is 0 Å². The van der Waals surface area contributed by atoms with Crippen LogP contribution in [0.25, 0.3) is 0 Å². The molecule has 0 aromatic carbocycles. The van der Waals surface area contributed by atoms with Gasteiger partial charge in [0.25, 0.3) is 0 Å². The molecule has 0 N–H and O–H groups in total. The minimum absolute atomic E-state index is 0.0822. The van der Waals surface area contributed by atoms with Gasteiger partial charge in [-0.05, 0) is 6.92 Å². The summed E-state index contributed by atoms with van der Waals surface area (Å²) in [6.45, 7) is 1.77. The molecule has 0 saturated carbocycles. The highest BCUT2D eigenvalue weighted by atomic mass is 28.4. The van der Waals surface area contributed by atoms with Gasteiger partial charge >= 0.3 is 8.74 Å². The second-order valence-corrected chi connectivity index (χ2v) is 4.76. The summed E-state index contributed by atoms with van der Waals surface area (Å²) in [5.41, 5.74) is 0.877. The molecule has 0 fully saturated rings. The summed E-state index contributed by atoms with van der Waals surface area (Å²) in [7, 11) is -3.70. The highest BCUT2D eigenvalue weighted by Crippen LogP contribution is 2.30. The number of halogens is 2. The van der Waals surface area contributed by atoms with E-state index in [0.717, 1.165) is 5.57 Å². The van der Waals surface area contributed by atoms with Gasteiger partial charge in [-0.25, -0.2) is 0 Å². The van der Waals surface area contributed by atoms with Crippen molar-refractivity contribution in [2.45, 2.75) is 19.0 Å². The van der Waals surface area contributed by atoms with Crippen LogP contribution in [0.4, 0.5) is 8.22 Å². The van der Waals surface area contributed by atoms with E-state index in [-0.39, 0.29) is 12.1 Å². The lowest BCUT2D eigenvalue weighted by atomic mass is 10.3. The zero-order valence-corrected chi connectivity index (χ0v) is 5.75. The van der Waals surface area contributed by atoms with Crippen LogP contribution in [0, 0.1) is 0 Å². The van der Waals surface area contributed by atoms with Crippen molar-refractivity contribution in [2.24, 2.45) is 0 Å². The second-order valence-electron chi connectivity index (χ2n) is 2.29. The fraction of sp³-hybridized carbons (Fsp3) is 0.600. The predicted octanol–water partition coefficient (Wildman–Crippen LogP) is 2.33. The number of hydrogen-bond acceptors (Lipinski definition) is 0. The number of rotatable bonds is 0. The zero-order valence-electron chi connectivity index (χ0n) is 4.75. The van der Waals surface area contributed by atoms with E-state index in [2.05, 4.69) is 0 Å². The maximum absolute atomic E-state index is 12.3. The minimum Gasteiger partial charge on any atom is -0.270 e. The van der Waals surface area contributed by atoms with Crippen LogP contribution >= 0.6 is 0 Å². The molecular formula is C5H8F2Si. The van der Waals surface area contributed by atoms with Crippen molar-refractivity contribution in [3.05, 3.63) is 11.6 Å². The summed E-state index contributed by atoms with van der Waals surface area (Å²) in [6.07, 6.45) is 1.66. The van der Waals surface area contributed by atoms with Gasteiger partial charge < -0.3 is 0 Å². The molecule has 0 aromatic rings. The summed E-state index contributed by atoms with van der Waals surface area (Å²) in [4.78, 5) is 0. The molecule has 0 nitrogen and oxygen atoms in total. The largest absolute Gasteiger partial charge is 0.432 e. The van der Waals surface area contributed by atoms with E-state index in [4.69, 9.17) is 0 Å². The van der Waals surface area contributed by atoms with Gasteiger partial charge in [0.05, 0.1) is 0 Å². The molecule has 8 heavy (non-hydrogen) atoms. The van der Waals surface area contributed by atoms with Gasteiger partial charge in [-0.15, -0.1) is 0 Å². The monoisotopic (exact) mass is 134 g/mol. The van der Waals surface area contributed by atoms with E-state index < -0.39 is 8.74 Å². The molecule has 0 bridgehead atoms. The molecule has 0 unspecified atom stereocenters. The third kappa shape index (κ3) is 1.15. The molecule has 0 saturated heterocycles. The minimum atomic E-state index is -3.70. The van der Waals surface area contributed by atoms with E-state index in [1.807, 2.05) is 0 Å². The molecule has 3 heteroatoms. The lowest BCUT2D eigenvalue weighted by Gasteiger charge is -2.00. The van der Waals surface area contributed by atoms with Crippen molar-refractivity contribution in [3.63, 3.8) is 0 Å². The molecule has 0 spiro atoms. The molecule has 0 aromatic heterocycles. The third-order valence-corrected chi connectivity index (χ3v) is 3.16. The third-order valence-electron chi connectivity index (χ3n) is 1.29. The van der Waals surface area contributed by atoms with Crippen LogP contribution in [0.15, 0.2) is 11.6 Å². The zero-order chi connectivity index (χ0) is 6.20. The predicted molar refractivity (Wildman–Crippen MR) is 31.3 cm³/mol. The van der Waals surface area contributed by atoms with Gasteiger partial charge in [-0.2, -0.15) is 0 Å². The molecule has 0 atom stereocenters. The standard InChI is InChI=1S/C5H8F2Si/c1-5-2-3-8(6,7)4-5/h2H,3-4H2,1H3. The Morgan fingerprint density at radius 3 is 2.38 bits per heavy atom. The van der Waals surface area contributed by atoms with E-state index in [0.29, 0.717) is 0 Å². The fourth-order valence-electron chi connectivity index (χ4n) is 0.876. The quantitative estimate of drug-likeness (QED) is 0.271. The summed E-state index contributed by atoms with van der Waals surface area (Å²) < 4.78 is 24.6. The SMILES string of the molecule is CC1=CC[Si](F)(F)C1. The van der Waals surface area contributed by atoms with Crippen LogP contribution < -0.4 is 0 Å². The average Bonchev–Trinajstić information content (AvgIpc) is 1.82. The first-order chi connectivity index (χ1) is 3.60. The molecule has 0 radical (unpaired) electrons. The van der Waals surface area contributed by atoms with E-state index >= 15 is 0 Å². The van der Waals surface area contributed by atoms with Crippen LogP contribution in [0.2, 0.25) is 12.1 Å². The van der Waals surface area contributed by atoms with Crippen molar-refractivity contribution in [2.75, 3.05) is 0 Å². The summed E-state index contributed by atoms with van der Waals surface area (Å²) in [5.74, 6) is 0. The fourth-order valence-corrected chi connectivity index (χ4v) is 2.63. The number of hydrogen-bond donors (Lipinski definition) is 0. The molecule has 1 aliphatic rings. The van der Waals surface area contributed by atoms with E-state index in [9.17, 15) is 8.22 Å². The first-order valence-corrected chi connectivity index (χ1v) is 4.81. The second kappa shape index (κ2) is 1.65. The first-order valence-electron chi connectivity index (χ1n) is 2.64. The molecule has 46 valence electrons. The van der Waals surface area contributed by atoms with Gasteiger partial charge in [0.2, 0.25) is 0 Å². The highest BCUT2D eigenvalue weighted by molar-refractivity contribution is 6.68. The summed E-state index contributed by atoms with van der Waals surface area (Å²) in [6, 6.07) is 0.186. The molecule has 1 rings (SSSR count). The Hall–Kier alpha value is -0.183. The van der Waals surface area contributed by atoms with Gasteiger partial charge in [0, 0.05) is 12.1 Å². The Labute approximate surface area is 48.6 Å².